The minimum atomic E-state index is -2.99. The summed E-state index contributed by atoms with van der Waals surface area (Å²) in [6.45, 7) is -3.14. The molecule has 0 atom stereocenters. The van der Waals surface area contributed by atoms with Crippen LogP contribution < -0.4 is 10.1 Å². The fourth-order valence-corrected chi connectivity index (χ4v) is 1.86. The molecule has 7 heteroatoms. The van der Waals surface area contributed by atoms with Crippen molar-refractivity contribution in [3.63, 3.8) is 0 Å². The lowest BCUT2D eigenvalue weighted by molar-refractivity contribution is -0.124. The van der Waals surface area contributed by atoms with Gasteiger partial charge in [-0.2, -0.15) is 8.78 Å². The number of hydrogen-bond donors (Lipinski definition) is 1. The van der Waals surface area contributed by atoms with Gasteiger partial charge in [-0.3, -0.25) is 4.79 Å². The summed E-state index contributed by atoms with van der Waals surface area (Å²) in [4.78, 5) is 23.5. The van der Waals surface area contributed by atoms with Crippen LogP contribution in [0.3, 0.4) is 0 Å². The smallest absolute Gasteiger partial charge is 0.387 e. The minimum absolute atomic E-state index is 0.0176. The van der Waals surface area contributed by atoms with Gasteiger partial charge in [-0.25, -0.2) is 4.79 Å². The molecule has 0 heterocycles. The first-order chi connectivity index (χ1) is 11.5. The molecule has 0 unspecified atom stereocenters. The Morgan fingerprint density at radius 2 is 1.79 bits per heavy atom. The number of esters is 1. The van der Waals surface area contributed by atoms with Gasteiger partial charge in [-0.1, -0.05) is 36.4 Å². The molecule has 2 aromatic rings. The lowest BCUT2D eigenvalue weighted by Gasteiger charge is -2.08. The first-order valence-electron chi connectivity index (χ1n) is 7.07. The van der Waals surface area contributed by atoms with Gasteiger partial charge in [0.25, 0.3) is 5.91 Å². The van der Waals surface area contributed by atoms with Crippen molar-refractivity contribution in [3.05, 3.63) is 65.7 Å². The van der Waals surface area contributed by atoms with Gasteiger partial charge in [-0.05, 0) is 23.8 Å². The number of carbonyl (C=O) groups excluding carboxylic acids is 2. The van der Waals surface area contributed by atoms with Crippen LogP contribution in [0, 0.1) is 0 Å². The molecule has 0 spiro atoms. The van der Waals surface area contributed by atoms with Crippen LogP contribution in [0.1, 0.15) is 15.9 Å². The summed E-state index contributed by atoms with van der Waals surface area (Å²) in [7, 11) is 0. The third kappa shape index (κ3) is 5.68. The molecule has 1 N–H and O–H groups in total. The molecule has 2 rings (SSSR count). The van der Waals surface area contributed by atoms with E-state index in [0.717, 1.165) is 11.6 Å². The Hall–Kier alpha value is -2.96. The number of amides is 1. The van der Waals surface area contributed by atoms with Gasteiger partial charge in [0.15, 0.2) is 6.61 Å². The molecule has 0 fully saturated rings. The van der Waals surface area contributed by atoms with Crippen LogP contribution in [-0.4, -0.2) is 25.1 Å². The zero-order chi connectivity index (χ0) is 17.4. The van der Waals surface area contributed by atoms with E-state index in [0.29, 0.717) is 6.54 Å². The molecule has 0 aliphatic rings. The Morgan fingerprint density at radius 3 is 2.50 bits per heavy atom. The number of carbonyl (C=O) groups is 2. The quantitative estimate of drug-likeness (QED) is 0.790. The monoisotopic (exact) mass is 335 g/mol. The summed E-state index contributed by atoms with van der Waals surface area (Å²) < 4.78 is 33.3. The summed E-state index contributed by atoms with van der Waals surface area (Å²) in [5, 5.41) is 2.60. The van der Waals surface area contributed by atoms with Gasteiger partial charge < -0.3 is 14.8 Å². The highest BCUT2D eigenvalue weighted by Crippen LogP contribution is 2.16. The number of benzene rings is 2. The highest BCUT2D eigenvalue weighted by molar-refractivity contribution is 5.91. The van der Waals surface area contributed by atoms with Crippen LogP contribution in [0.25, 0.3) is 0 Å². The van der Waals surface area contributed by atoms with Crippen LogP contribution in [0.4, 0.5) is 8.78 Å². The first-order valence-corrected chi connectivity index (χ1v) is 7.07. The van der Waals surface area contributed by atoms with E-state index < -0.39 is 25.1 Å². The Bertz CT molecular complexity index is 692. The summed E-state index contributed by atoms with van der Waals surface area (Å²) in [6.07, 6.45) is 0. The van der Waals surface area contributed by atoms with Gasteiger partial charge in [0.1, 0.15) is 5.75 Å². The number of halogens is 2. The zero-order valence-corrected chi connectivity index (χ0v) is 12.6. The maximum Gasteiger partial charge on any atom is 0.387 e. The Kier molecular flexibility index (Phi) is 6.24. The molecule has 0 aromatic heterocycles. The van der Waals surface area contributed by atoms with Gasteiger partial charge >= 0.3 is 12.6 Å². The van der Waals surface area contributed by atoms with Crippen molar-refractivity contribution in [1.29, 1.82) is 0 Å². The highest BCUT2D eigenvalue weighted by Gasteiger charge is 2.12. The third-order valence-electron chi connectivity index (χ3n) is 2.96. The summed E-state index contributed by atoms with van der Waals surface area (Å²) in [5.74, 6) is -1.43. The average molecular weight is 335 g/mol. The lowest BCUT2D eigenvalue weighted by Crippen LogP contribution is -2.28. The molecular formula is C17H15F2NO4. The van der Waals surface area contributed by atoms with Gasteiger partial charge in [0.2, 0.25) is 0 Å². The molecule has 126 valence electrons. The lowest BCUT2D eigenvalue weighted by atomic mass is 10.2. The molecule has 0 aliphatic carbocycles. The van der Waals surface area contributed by atoms with Crippen LogP contribution in [0.5, 0.6) is 5.75 Å². The molecule has 2 aromatic carbocycles. The number of rotatable bonds is 7. The topological polar surface area (TPSA) is 64.6 Å². The SMILES string of the molecule is O=C(COC(=O)c1cccc(OC(F)F)c1)NCc1ccccc1. The number of nitrogens with one attached hydrogen (secondary N) is 1. The van der Waals surface area contributed by atoms with Crippen LogP contribution in [0.2, 0.25) is 0 Å². The van der Waals surface area contributed by atoms with Crippen molar-refractivity contribution in [2.75, 3.05) is 6.61 Å². The Balaban J connectivity index is 1.81. The third-order valence-corrected chi connectivity index (χ3v) is 2.96. The van der Waals surface area contributed by atoms with E-state index in [4.69, 9.17) is 4.74 Å². The maximum atomic E-state index is 12.1. The Morgan fingerprint density at radius 1 is 1.04 bits per heavy atom. The van der Waals surface area contributed by atoms with Crippen molar-refractivity contribution in [3.8, 4) is 5.75 Å². The number of hydrogen-bond acceptors (Lipinski definition) is 4. The molecule has 0 aliphatic heterocycles. The normalized spacial score (nSPS) is 10.3. The van der Waals surface area contributed by atoms with Crippen LogP contribution >= 0.6 is 0 Å². The van der Waals surface area contributed by atoms with E-state index in [-0.39, 0.29) is 11.3 Å². The van der Waals surface area contributed by atoms with Crippen LogP contribution in [0.15, 0.2) is 54.6 Å². The van der Waals surface area contributed by atoms with Crippen molar-refractivity contribution >= 4 is 11.9 Å². The summed E-state index contributed by atoms with van der Waals surface area (Å²) in [5.41, 5.74) is 0.929. The second-order valence-electron chi connectivity index (χ2n) is 4.74. The molecule has 0 bridgehead atoms. The fraction of sp³-hybridized carbons (Fsp3) is 0.176. The van der Waals surface area contributed by atoms with Crippen molar-refractivity contribution < 1.29 is 27.8 Å². The number of ether oxygens (including phenoxy) is 2. The van der Waals surface area contributed by atoms with E-state index in [2.05, 4.69) is 10.1 Å². The van der Waals surface area contributed by atoms with Crippen molar-refractivity contribution in [1.82, 2.24) is 5.32 Å². The second kappa shape index (κ2) is 8.61. The van der Waals surface area contributed by atoms with Gasteiger partial charge in [0, 0.05) is 6.54 Å². The highest BCUT2D eigenvalue weighted by atomic mass is 19.3. The van der Waals surface area contributed by atoms with E-state index in [1.54, 1.807) is 0 Å². The van der Waals surface area contributed by atoms with E-state index in [9.17, 15) is 18.4 Å². The molecule has 0 saturated heterocycles. The second-order valence-corrected chi connectivity index (χ2v) is 4.74. The maximum absolute atomic E-state index is 12.1. The molecule has 0 saturated carbocycles. The van der Waals surface area contributed by atoms with E-state index >= 15 is 0 Å². The minimum Gasteiger partial charge on any atom is -0.452 e. The predicted molar refractivity (Wildman–Crippen MR) is 81.6 cm³/mol. The molecule has 1 amide bonds. The van der Waals surface area contributed by atoms with Gasteiger partial charge in [0.05, 0.1) is 5.56 Å². The Labute approximate surface area is 137 Å². The summed E-state index contributed by atoms with van der Waals surface area (Å²) in [6, 6.07) is 14.4. The predicted octanol–water partition coefficient (Wildman–Crippen LogP) is 2.76. The van der Waals surface area contributed by atoms with Crippen molar-refractivity contribution in [2.45, 2.75) is 13.2 Å². The first kappa shape index (κ1) is 17.4. The van der Waals surface area contributed by atoms with Gasteiger partial charge in [-0.15, -0.1) is 0 Å². The van der Waals surface area contributed by atoms with E-state index in [1.165, 1.54) is 18.2 Å². The largest absolute Gasteiger partial charge is 0.452 e. The van der Waals surface area contributed by atoms with Crippen molar-refractivity contribution in [2.24, 2.45) is 0 Å². The molecule has 0 radical (unpaired) electrons. The van der Waals surface area contributed by atoms with E-state index in [1.807, 2.05) is 30.3 Å². The molecule has 5 nitrogen and oxygen atoms in total. The van der Waals surface area contributed by atoms with Crippen LogP contribution in [-0.2, 0) is 16.1 Å². The number of alkyl halides is 2. The zero-order valence-electron chi connectivity index (χ0n) is 12.6. The fourth-order valence-electron chi connectivity index (χ4n) is 1.86. The summed E-state index contributed by atoms with van der Waals surface area (Å²) >= 11 is 0. The average Bonchev–Trinajstić information content (AvgIpc) is 2.58. The molecule has 24 heavy (non-hydrogen) atoms. The molecular weight excluding hydrogens is 320 g/mol. The standard InChI is InChI=1S/C17H15F2NO4/c18-17(19)24-14-8-4-7-13(9-14)16(22)23-11-15(21)20-10-12-5-2-1-3-6-12/h1-9,17H,10-11H2,(H,20,21).